The van der Waals surface area contributed by atoms with Crippen LogP contribution in [0.15, 0.2) is 83.3 Å². The number of carboxylic acids is 1. The molecule has 1 unspecified atom stereocenters. The van der Waals surface area contributed by atoms with Crippen LogP contribution in [0.5, 0.6) is 5.75 Å². The lowest BCUT2D eigenvalue weighted by molar-refractivity contribution is -0.163. The van der Waals surface area contributed by atoms with Crippen molar-refractivity contribution in [1.82, 2.24) is 10.3 Å². The summed E-state index contributed by atoms with van der Waals surface area (Å²) in [6.45, 7) is 1.94. The monoisotopic (exact) mass is 584 g/mol. The van der Waals surface area contributed by atoms with Crippen LogP contribution in [0.2, 0.25) is 0 Å². The minimum absolute atomic E-state index is 0.193. The van der Waals surface area contributed by atoms with E-state index in [4.69, 9.17) is 9.72 Å². The van der Waals surface area contributed by atoms with Gasteiger partial charge >= 0.3 is 5.97 Å². The van der Waals surface area contributed by atoms with Gasteiger partial charge in [0, 0.05) is 21.8 Å². The maximum absolute atomic E-state index is 14.3. The van der Waals surface area contributed by atoms with Gasteiger partial charge in [0.25, 0.3) is 5.91 Å². The van der Waals surface area contributed by atoms with Crippen LogP contribution in [0.25, 0.3) is 22.2 Å². The Kier molecular flexibility index (Phi) is 6.42. The fourth-order valence-electron chi connectivity index (χ4n) is 6.36. The van der Waals surface area contributed by atoms with E-state index in [9.17, 15) is 14.7 Å². The first-order chi connectivity index (χ1) is 18.8. The molecule has 7 rings (SSSR count). The first-order valence-corrected chi connectivity index (χ1v) is 14.0. The van der Waals surface area contributed by atoms with E-state index in [1.807, 2.05) is 85.8 Å². The van der Waals surface area contributed by atoms with E-state index < -0.39 is 23.0 Å². The van der Waals surface area contributed by atoms with Crippen LogP contribution in [-0.4, -0.2) is 33.6 Å². The van der Waals surface area contributed by atoms with Crippen LogP contribution >= 0.6 is 15.9 Å². The highest BCUT2D eigenvalue weighted by Gasteiger charge is 2.59. The van der Waals surface area contributed by atoms with Crippen molar-refractivity contribution in [1.29, 1.82) is 0 Å². The van der Waals surface area contributed by atoms with Gasteiger partial charge in [-0.1, -0.05) is 64.5 Å². The van der Waals surface area contributed by atoms with Crippen molar-refractivity contribution >= 4 is 38.7 Å². The minimum atomic E-state index is -0.823. The standard InChI is InChI=1S/C32H29BrN2O4/c1-20-27(24-18-22(33)12-13-25(24)34-28(20)21-8-4-2-5-9-21)29(36)35-32-16-14-31(15-17-32,30(37)38)19-26(32)39-23-10-6-3-7-11-23/h2-13,18,26H,14-17,19H2,1H3,(H,35,36)(H,37,38). The SMILES string of the molecule is Cc1c(-c2ccccc2)nc2ccc(Br)cc2c1C(=O)NC12CCC(C(=O)O)(CC1)CC2Oc1ccccc1. The molecule has 2 N–H and O–H groups in total. The molecule has 1 heterocycles. The highest BCUT2D eigenvalue weighted by molar-refractivity contribution is 9.10. The number of nitrogens with zero attached hydrogens (tertiary/aromatic N) is 1. The van der Waals surface area contributed by atoms with E-state index in [1.165, 1.54) is 0 Å². The molecule has 4 aromatic rings. The molecule has 0 aliphatic heterocycles. The zero-order valence-corrected chi connectivity index (χ0v) is 23.2. The van der Waals surface area contributed by atoms with Gasteiger partial charge in [0.15, 0.2) is 0 Å². The zero-order valence-electron chi connectivity index (χ0n) is 21.6. The average molecular weight is 585 g/mol. The lowest BCUT2D eigenvalue weighted by Crippen LogP contribution is -2.67. The Morgan fingerprint density at radius 3 is 2.31 bits per heavy atom. The number of benzene rings is 3. The number of hydrogen-bond acceptors (Lipinski definition) is 4. The summed E-state index contributed by atoms with van der Waals surface area (Å²) >= 11 is 3.56. The third kappa shape index (κ3) is 4.48. The number of para-hydroxylation sites is 1. The van der Waals surface area contributed by atoms with E-state index in [1.54, 1.807) is 0 Å². The van der Waals surface area contributed by atoms with Crippen molar-refractivity contribution in [2.75, 3.05) is 0 Å². The fraction of sp³-hybridized carbons (Fsp3) is 0.281. The number of nitrogens with one attached hydrogen (secondary N) is 1. The fourth-order valence-corrected chi connectivity index (χ4v) is 6.73. The number of amides is 1. The number of halogens is 1. The molecule has 39 heavy (non-hydrogen) atoms. The van der Waals surface area contributed by atoms with Crippen molar-refractivity contribution in [3.8, 4) is 17.0 Å². The Labute approximate surface area is 235 Å². The Balaban J connectivity index is 1.43. The predicted molar refractivity (Wildman–Crippen MR) is 154 cm³/mol. The number of rotatable bonds is 6. The quantitative estimate of drug-likeness (QED) is 0.256. The van der Waals surface area contributed by atoms with E-state index in [2.05, 4.69) is 21.2 Å². The maximum atomic E-state index is 14.3. The third-order valence-corrected chi connectivity index (χ3v) is 9.09. The second kappa shape index (κ2) is 9.79. The van der Waals surface area contributed by atoms with Crippen molar-refractivity contribution < 1.29 is 19.4 Å². The number of fused-ring (bicyclic) bond motifs is 4. The first kappa shape index (κ1) is 25.6. The molecule has 3 aromatic carbocycles. The minimum Gasteiger partial charge on any atom is -0.488 e. The van der Waals surface area contributed by atoms with Crippen LogP contribution in [0.4, 0.5) is 0 Å². The van der Waals surface area contributed by atoms with Gasteiger partial charge in [0.2, 0.25) is 0 Å². The summed E-state index contributed by atoms with van der Waals surface area (Å²) in [6, 6.07) is 25.1. The number of carbonyl (C=O) groups excluding carboxylic acids is 1. The van der Waals surface area contributed by atoms with Crippen molar-refractivity contribution in [3.05, 3.63) is 94.5 Å². The van der Waals surface area contributed by atoms with Gasteiger partial charge in [-0.2, -0.15) is 0 Å². The lowest BCUT2D eigenvalue weighted by atomic mass is 9.55. The molecule has 3 saturated carbocycles. The van der Waals surface area contributed by atoms with Crippen molar-refractivity contribution in [3.63, 3.8) is 0 Å². The van der Waals surface area contributed by atoms with E-state index in [0.29, 0.717) is 43.4 Å². The molecule has 2 bridgehead atoms. The first-order valence-electron chi connectivity index (χ1n) is 13.2. The summed E-state index contributed by atoms with van der Waals surface area (Å²) in [5.74, 6) is -0.302. The number of hydrogen-bond donors (Lipinski definition) is 2. The second-order valence-electron chi connectivity index (χ2n) is 10.8. The van der Waals surface area contributed by atoms with Gasteiger partial charge in [0.05, 0.1) is 27.7 Å². The van der Waals surface area contributed by atoms with E-state index in [-0.39, 0.29) is 5.91 Å². The summed E-state index contributed by atoms with van der Waals surface area (Å²) in [6.07, 6.45) is 1.99. The second-order valence-corrected chi connectivity index (χ2v) is 11.7. The molecule has 1 atom stereocenters. The van der Waals surface area contributed by atoms with Crippen LogP contribution in [0, 0.1) is 12.3 Å². The Hall–Kier alpha value is -3.71. The van der Waals surface area contributed by atoms with Gasteiger partial charge < -0.3 is 15.2 Å². The molecular weight excluding hydrogens is 556 g/mol. The Morgan fingerprint density at radius 1 is 0.974 bits per heavy atom. The molecular formula is C32H29BrN2O4. The van der Waals surface area contributed by atoms with Gasteiger partial charge in [-0.3, -0.25) is 9.59 Å². The van der Waals surface area contributed by atoms with E-state index in [0.717, 1.165) is 32.2 Å². The summed E-state index contributed by atoms with van der Waals surface area (Å²) in [5, 5.41) is 14.3. The third-order valence-electron chi connectivity index (χ3n) is 8.59. The summed E-state index contributed by atoms with van der Waals surface area (Å²) in [7, 11) is 0. The molecule has 198 valence electrons. The van der Waals surface area contributed by atoms with Gasteiger partial charge in [-0.05, 0) is 68.5 Å². The number of aliphatic carboxylic acids is 1. The van der Waals surface area contributed by atoms with Crippen LogP contribution in [-0.2, 0) is 4.79 Å². The smallest absolute Gasteiger partial charge is 0.309 e. The van der Waals surface area contributed by atoms with Gasteiger partial charge in [-0.25, -0.2) is 4.98 Å². The molecule has 1 aromatic heterocycles. The highest BCUT2D eigenvalue weighted by atomic mass is 79.9. The van der Waals surface area contributed by atoms with Crippen LogP contribution in [0.1, 0.15) is 48.0 Å². The number of carbonyl (C=O) groups is 2. The predicted octanol–water partition coefficient (Wildman–Crippen LogP) is 6.94. The Bertz CT molecular complexity index is 1560. The molecule has 3 aliphatic carbocycles. The van der Waals surface area contributed by atoms with Crippen LogP contribution in [0.3, 0.4) is 0 Å². The van der Waals surface area contributed by atoms with Gasteiger partial charge in [0.1, 0.15) is 11.9 Å². The maximum Gasteiger partial charge on any atom is 0.309 e. The molecule has 3 fully saturated rings. The molecule has 3 aliphatic rings. The largest absolute Gasteiger partial charge is 0.488 e. The molecule has 6 nitrogen and oxygen atoms in total. The normalized spacial score (nSPS) is 23.9. The van der Waals surface area contributed by atoms with E-state index >= 15 is 0 Å². The molecule has 1 amide bonds. The summed E-state index contributed by atoms with van der Waals surface area (Å²) in [5.41, 5.74) is 2.32. The highest BCUT2D eigenvalue weighted by Crippen LogP contribution is 2.53. The van der Waals surface area contributed by atoms with Gasteiger partial charge in [-0.15, -0.1) is 0 Å². The number of pyridine rings is 1. The number of aromatic nitrogens is 1. The summed E-state index contributed by atoms with van der Waals surface area (Å²) < 4.78 is 7.30. The van der Waals surface area contributed by atoms with Crippen molar-refractivity contribution in [2.45, 2.75) is 50.7 Å². The lowest BCUT2D eigenvalue weighted by Gasteiger charge is -2.55. The zero-order chi connectivity index (χ0) is 27.2. The molecule has 0 spiro atoms. The number of carboxylic acid groups (broad SMARTS) is 1. The molecule has 0 saturated heterocycles. The molecule has 7 heteroatoms. The van der Waals surface area contributed by atoms with Crippen molar-refractivity contribution in [2.24, 2.45) is 5.41 Å². The topological polar surface area (TPSA) is 88.5 Å². The number of ether oxygens (including phenoxy) is 1. The molecule has 0 radical (unpaired) electrons. The average Bonchev–Trinajstić information content (AvgIpc) is 2.94. The Morgan fingerprint density at radius 2 is 1.64 bits per heavy atom. The summed E-state index contributed by atoms with van der Waals surface area (Å²) in [4.78, 5) is 31.6. The van der Waals surface area contributed by atoms with Crippen LogP contribution < -0.4 is 10.1 Å².